The second kappa shape index (κ2) is 49.1. The molecule has 150 heavy (non-hydrogen) atoms. The van der Waals surface area contributed by atoms with Crippen LogP contribution in [0.25, 0.3) is 67.0 Å². The van der Waals surface area contributed by atoms with Crippen LogP contribution in [-0.4, -0.2) is 407 Å². The van der Waals surface area contributed by atoms with Crippen molar-refractivity contribution >= 4 is 212 Å². The van der Waals surface area contributed by atoms with Gasteiger partial charge in [0, 0.05) is 56.4 Å². The number of alkyl halides is 1. The molecule has 18 rings (SSSR count). The first-order valence-corrected chi connectivity index (χ1v) is 70.4. The standard InChI is InChI=1S/C19H31N4O3P.C18H29N4O3P.C17H26BrN4O2P.C16H25N4O3P.C15H22BrN4O3P.C15H22FN4O3P/c1-5-6-7-14-22-15-12(20)8-10-21-18(15)23(14)19-17(25)16(24)13(26-19)9-11-27(2,3)4;1-5-6-13-21-14-11(19)7-9-20-17(14)22(13)18-16(24)15(23)12(25-18)8-10-26(2,3)4;1-5-12-21-14-10(19)6-8-20-16(14)22(12)17-13(18)15(23)11(24-17)7-9-25(2,3)4;1-9-19-12-10(17)5-7-18-15(12)20(9)16-14(22)13(21)11(23-16)6-8-24(2,3)4;2*1-24(2,3)7-5-9-11(21)12(22)14(23-9)20-13-10(19-15(20)16)8(17)4-6-18-13/h8,10,13,16-17,19,24-25H,2,5-7,9,11H2,1,3-4H3,(H2,20,21);7,9,12,15-16,18,23-24H,2,5-6,8,10H2,1,3-4H3,(H2,19,20);6,8,11,13,15,17,23H,2,5,7,9H2,1,3-4H3,(H2,19,20);5,7,11,13-14,16,21-22H,2,6,8H2,1,3-4H3,(H2,17,18);2*4,6,9,11-12,14,21-22H,1,5,7H2,2-3H3,(H2,17,18)/t13-,16-,17-,19-;12-,15-,16-,18-;11-,13-,15-,17-;11-,13-,14-,16-;2*9-,11-,12-,14-/m111111/s1. The summed E-state index contributed by atoms with van der Waals surface area (Å²) >= 11 is 7.00. The monoisotopic (exact) mass is 2330 g/mol. The van der Waals surface area contributed by atoms with Crippen molar-refractivity contribution in [2.24, 2.45) is 0 Å². The SMILES string of the molecule is C=P(C)(C)CC[C@H]1O[C@@H](n2c(Br)nc3c(N)ccnc32)[C@H](O)[C@@H]1O.C=P(C)(C)CC[C@H]1O[C@@H](n2c(C)nc3c(N)ccnc32)[C@H](O)[C@@H]1O.C=P(C)(C)CC[C@H]1O[C@@H](n2c(CC)nc3c(N)ccnc32)[C@H](Br)[C@@H]1O.C=P(C)(C)CC[C@H]1O[C@@H](n2c(CCC)nc3c(N)ccnc32)[C@H](O)[C@@H]1O.C=P(C)(C)CC[C@H]1O[C@@H](n2c(CCCC)nc3c(N)ccnc32)[C@H](O)[C@@H]1O.C=P(C)(C)CC[C@H]1O[C@@H](n2c(F)nc3c(N)ccnc32)[C@H](O)[C@@H]1O. The third kappa shape index (κ3) is 27.8. The number of fused-ring (bicyclic) bond motifs is 6. The molecule has 0 spiro atoms. The van der Waals surface area contributed by atoms with E-state index < -0.39 is 176 Å². The summed E-state index contributed by atoms with van der Waals surface area (Å²) in [6, 6.07) is 10.0. The molecule has 0 aromatic carbocycles. The Morgan fingerprint density at radius 3 is 0.860 bits per heavy atom. The Bertz CT molecular complexity index is 6700. The van der Waals surface area contributed by atoms with Crippen LogP contribution >= 0.6 is 73.2 Å². The average molecular weight is 2330 g/mol. The molecular weight excluding hydrogens is 2170 g/mol. The number of aryl methyl sites for hydroxylation is 4. The first kappa shape index (κ1) is 120. The van der Waals surface area contributed by atoms with Gasteiger partial charge < -0.3 is 119 Å². The zero-order chi connectivity index (χ0) is 110. The van der Waals surface area contributed by atoms with E-state index in [1.807, 2.05) is 23.0 Å². The van der Waals surface area contributed by atoms with Gasteiger partial charge in [-0.3, -0.25) is 27.4 Å². The molecule has 12 aromatic rings. The first-order valence-electron chi connectivity index (χ1n) is 50.3. The maximum Gasteiger partial charge on any atom is 0.293 e. The number of anilines is 6. The van der Waals surface area contributed by atoms with Crippen molar-refractivity contribution in [3.8, 4) is 0 Å². The highest BCUT2D eigenvalue weighted by atomic mass is 79.9. The molecule has 23 N–H and O–H groups in total. The van der Waals surface area contributed by atoms with Crippen molar-refractivity contribution in [1.82, 2.24) is 87.2 Å². The van der Waals surface area contributed by atoms with Gasteiger partial charge in [0.2, 0.25) is 0 Å². The molecule has 18 heterocycles. The maximum atomic E-state index is 14.3. The van der Waals surface area contributed by atoms with E-state index in [0.29, 0.717) is 133 Å². The Hall–Kier alpha value is -7.47. The van der Waals surface area contributed by atoms with Gasteiger partial charge in [-0.15, -0.1) is 79.1 Å². The second-order valence-corrected chi connectivity index (χ2v) is 71.5. The number of rotatable bonds is 30. The minimum absolute atomic E-state index is 0.175. The lowest BCUT2D eigenvalue weighted by Gasteiger charge is -2.20. The molecule has 0 aliphatic carbocycles. The number of nitrogens with zero attached hydrogens (tertiary/aromatic N) is 18. The lowest BCUT2D eigenvalue weighted by atomic mass is 10.1. The summed E-state index contributed by atoms with van der Waals surface area (Å²) < 4.78 is 60.9. The zero-order valence-corrected chi connectivity index (χ0v) is 97.0. The Balaban J connectivity index is 0.000000150. The molecule has 6 fully saturated rings. The normalized spacial score (nSPS) is 27.2. The average Bonchev–Trinajstić information content (AvgIpc) is 1.63. The van der Waals surface area contributed by atoms with E-state index in [4.69, 9.17) is 62.8 Å². The highest BCUT2D eigenvalue weighted by molar-refractivity contribution is 9.10. The molecule has 828 valence electrons. The molecule has 0 bridgehead atoms. The van der Waals surface area contributed by atoms with Crippen molar-refractivity contribution in [2.75, 3.05) is 151 Å². The summed E-state index contributed by atoms with van der Waals surface area (Å²) in [6.07, 6.45) is 30.3. The number of ether oxygens (including phenoxy) is 6. The number of hydrogen-bond donors (Lipinski definition) is 17. The molecule has 0 radical (unpaired) electrons. The van der Waals surface area contributed by atoms with Crippen LogP contribution in [0.5, 0.6) is 0 Å². The van der Waals surface area contributed by atoms with Crippen LogP contribution in [-0.2, 0) is 47.7 Å². The fraction of sp³-hybridized carbons (Fsp3) is 0.580. The van der Waals surface area contributed by atoms with Crippen LogP contribution in [0, 0.1) is 13.0 Å². The number of aliphatic hydroxyl groups excluding tert-OH is 11. The van der Waals surface area contributed by atoms with Crippen molar-refractivity contribution in [1.29, 1.82) is 0 Å². The van der Waals surface area contributed by atoms with Crippen LogP contribution in [0.1, 0.15) is 139 Å². The highest BCUT2D eigenvalue weighted by Crippen LogP contribution is 2.50. The van der Waals surface area contributed by atoms with Gasteiger partial charge in [0.25, 0.3) is 6.08 Å². The minimum atomic E-state index is -1.29. The molecule has 0 unspecified atom stereocenters. The van der Waals surface area contributed by atoms with E-state index >= 15 is 0 Å². The Morgan fingerprint density at radius 2 is 0.553 bits per heavy atom. The summed E-state index contributed by atoms with van der Waals surface area (Å²) in [7, 11) is 0. The van der Waals surface area contributed by atoms with E-state index in [-0.39, 0.29) is 34.0 Å². The van der Waals surface area contributed by atoms with E-state index in [0.717, 1.165) is 97.5 Å². The number of imidazole rings is 6. The number of pyridine rings is 6. The molecule has 6 aliphatic rings. The predicted octanol–water partition coefficient (Wildman–Crippen LogP) is 9.86. The molecule has 6 aliphatic heterocycles. The van der Waals surface area contributed by atoms with Crippen LogP contribution in [0.15, 0.2) is 78.3 Å². The minimum Gasteiger partial charge on any atom is -0.397 e. The largest absolute Gasteiger partial charge is 0.397 e. The van der Waals surface area contributed by atoms with Crippen molar-refractivity contribution < 1.29 is 89.0 Å². The van der Waals surface area contributed by atoms with Crippen LogP contribution in [0.2, 0.25) is 0 Å². The topological polar surface area (TPSA) is 618 Å². The van der Waals surface area contributed by atoms with Crippen LogP contribution in [0.4, 0.5) is 38.5 Å². The summed E-state index contributed by atoms with van der Waals surface area (Å²) in [4.78, 5) is 52.2. The third-order valence-electron chi connectivity index (χ3n) is 27.1. The Labute approximate surface area is 892 Å². The lowest BCUT2D eigenvalue weighted by Crippen LogP contribution is -2.32. The molecule has 0 saturated carbocycles. The van der Waals surface area contributed by atoms with Crippen LogP contribution in [0.3, 0.4) is 0 Å². The Morgan fingerprint density at radius 1 is 0.313 bits per heavy atom. The van der Waals surface area contributed by atoms with E-state index in [1.54, 1.807) is 75.0 Å². The molecule has 24 atom stereocenters. The van der Waals surface area contributed by atoms with Gasteiger partial charge in [-0.1, -0.05) is 43.1 Å². The maximum absolute atomic E-state index is 14.3. The van der Waals surface area contributed by atoms with Gasteiger partial charge in [-0.25, -0.2) is 54.8 Å². The molecule has 41 nitrogen and oxygen atoms in total. The number of halogens is 3. The number of nitrogen functional groups attached to an aromatic ring is 6. The van der Waals surface area contributed by atoms with Gasteiger partial charge >= 0.3 is 0 Å². The molecule has 12 aromatic heterocycles. The molecule has 6 saturated heterocycles. The van der Waals surface area contributed by atoms with E-state index in [2.05, 4.69) is 223 Å². The zero-order valence-electron chi connectivity index (χ0n) is 88.5. The first-order chi connectivity index (χ1) is 70.2. The molecule has 0 amide bonds. The number of aromatic nitrogens is 18. The second-order valence-electron chi connectivity index (χ2n) is 43.8. The fourth-order valence-electron chi connectivity index (χ4n) is 18.9. The van der Waals surface area contributed by atoms with Crippen molar-refractivity contribution in [2.45, 2.75) is 251 Å². The third-order valence-corrected chi connectivity index (χ3v) is 37.5. The van der Waals surface area contributed by atoms with E-state index in [1.165, 1.54) is 12.3 Å². The van der Waals surface area contributed by atoms with Crippen molar-refractivity contribution in [3.63, 3.8) is 0 Å². The van der Waals surface area contributed by atoms with Gasteiger partial charge in [-0.2, -0.15) is 9.37 Å². The van der Waals surface area contributed by atoms with Crippen molar-refractivity contribution in [3.05, 3.63) is 108 Å². The summed E-state index contributed by atoms with van der Waals surface area (Å²) in [5.74, 6) is 3.03. The Kier molecular flexibility index (Phi) is 39.2. The number of aliphatic hydroxyl groups is 11. The summed E-state index contributed by atoms with van der Waals surface area (Å²) in [5.41, 5.74) is 45.1. The predicted molar refractivity (Wildman–Crippen MR) is 621 cm³/mol. The number of hydrogen-bond acceptors (Lipinski definition) is 35. The highest BCUT2D eigenvalue weighted by Gasteiger charge is 2.52. The van der Waals surface area contributed by atoms with Gasteiger partial charge in [0.05, 0.1) is 81.7 Å². The van der Waals surface area contributed by atoms with Gasteiger partial charge in [0.15, 0.2) is 76.0 Å². The molecule has 50 heteroatoms. The number of nitrogens with two attached hydrogens (primary N) is 6. The fourth-order valence-corrected chi connectivity index (χ4v) is 25.8. The quantitative estimate of drug-likeness (QED) is 0.0147. The number of unbranched alkanes of at least 4 members (excludes halogenated alkanes) is 1. The van der Waals surface area contributed by atoms with E-state index in [9.17, 15) is 60.6 Å². The lowest BCUT2D eigenvalue weighted by molar-refractivity contribution is -0.0413. The van der Waals surface area contributed by atoms with Gasteiger partial charge in [0.1, 0.15) is 117 Å². The smallest absolute Gasteiger partial charge is 0.293 e. The summed E-state index contributed by atoms with van der Waals surface area (Å²) in [6.45, 7) is 26.4. The summed E-state index contributed by atoms with van der Waals surface area (Å²) in [5, 5.41) is 115. The van der Waals surface area contributed by atoms with Gasteiger partial charge in [-0.05, 0) is 228 Å². The van der Waals surface area contributed by atoms with Crippen LogP contribution < -0.4 is 34.4 Å². The molecular formula is C100H155Br2FN24O17P6.